The minimum atomic E-state index is -3.60. The molecule has 0 fully saturated rings. The Labute approximate surface area is 205 Å². The number of hydrogen-bond donors (Lipinski definition) is 1. The minimum Gasteiger partial charge on any atom is -0.346 e. The zero-order chi connectivity index (χ0) is 25.1. The molecule has 0 heterocycles. The molecule has 1 amide bonds. The highest BCUT2D eigenvalue weighted by atomic mass is 35.5. The van der Waals surface area contributed by atoms with Gasteiger partial charge in [-0.15, -0.1) is 0 Å². The summed E-state index contributed by atoms with van der Waals surface area (Å²) in [6.45, 7) is 1.85. The summed E-state index contributed by atoms with van der Waals surface area (Å²) >= 11 is 6.20. The summed E-state index contributed by atoms with van der Waals surface area (Å²) < 4.78 is 49.3. The lowest BCUT2D eigenvalue weighted by atomic mass is 10.1. The van der Waals surface area contributed by atoms with Crippen molar-refractivity contribution in [2.24, 2.45) is 0 Å². The number of anilines is 1. The van der Waals surface area contributed by atoms with Crippen molar-refractivity contribution in [3.8, 4) is 0 Å². The summed E-state index contributed by atoms with van der Waals surface area (Å²) in [5.74, 6) is -0.344. The number of sulfonamides is 1. The van der Waals surface area contributed by atoms with Gasteiger partial charge in [0.1, 0.15) is 0 Å². The van der Waals surface area contributed by atoms with Gasteiger partial charge in [0.2, 0.25) is 10.0 Å². The van der Waals surface area contributed by atoms with Crippen LogP contribution in [0, 0.1) is 0 Å². The van der Waals surface area contributed by atoms with Crippen LogP contribution < -0.4 is 9.62 Å². The second kappa shape index (κ2) is 10.2. The Morgan fingerprint density at radius 1 is 0.912 bits per heavy atom. The van der Waals surface area contributed by atoms with Crippen LogP contribution in [-0.4, -0.2) is 35.3 Å². The molecule has 1 atom stereocenters. The largest absolute Gasteiger partial charge is 0.346 e. The van der Waals surface area contributed by atoms with E-state index in [0.717, 1.165) is 18.1 Å². The van der Waals surface area contributed by atoms with Crippen molar-refractivity contribution in [3.05, 3.63) is 94.5 Å². The van der Waals surface area contributed by atoms with Gasteiger partial charge in [-0.1, -0.05) is 41.9 Å². The van der Waals surface area contributed by atoms with Crippen molar-refractivity contribution in [1.82, 2.24) is 5.32 Å². The molecular weight excluding hydrogens is 496 g/mol. The van der Waals surface area contributed by atoms with Crippen LogP contribution in [0.4, 0.5) is 5.69 Å². The fourth-order valence-electron chi connectivity index (χ4n) is 3.33. The van der Waals surface area contributed by atoms with E-state index in [-0.39, 0.29) is 23.4 Å². The molecule has 34 heavy (non-hydrogen) atoms. The summed E-state index contributed by atoms with van der Waals surface area (Å²) in [5.41, 5.74) is 2.17. The second-order valence-electron chi connectivity index (χ2n) is 7.94. The third-order valence-electron chi connectivity index (χ3n) is 5.25. The summed E-state index contributed by atoms with van der Waals surface area (Å²) in [5, 5.41) is 3.32. The van der Waals surface area contributed by atoms with Gasteiger partial charge in [0.15, 0.2) is 9.84 Å². The maximum atomic E-state index is 12.7. The van der Waals surface area contributed by atoms with Crippen LogP contribution in [0.1, 0.15) is 34.5 Å². The minimum absolute atomic E-state index is 0.0601. The molecular formula is C24H25ClN2O5S2. The molecule has 3 aromatic rings. The Morgan fingerprint density at radius 3 is 2.03 bits per heavy atom. The van der Waals surface area contributed by atoms with Crippen LogP contribution in [0.2, 0.25) is 5.02 Å². The Bertz CT molecular complexity index is 1390. The highest BCUT2D eigenvalue weighted by molar-refractivity contribution is 7.92. The van der Waals surface area contributed by atoms with E-state index in [1.54, 1.807) is 67.6 Å². The maximum absolute atomic E-state index is 12.7. The number of nitrogens with one attached hydrogen (secondary N) is 1. The summed E-state index contributed by atoms with van der Waals surface area (Å²) in [7, 11) is -6.90. The summed E-state index contributed by atoms with van der Waals surface area (Å²) in [6.07, 6.45) is 2.25. The zero-order valence-electron chi connectivity index (χ0n) is 18.9. The third kappa shape index (κ3) is 6.37. The smallest absolute Gasteiger partial charge is 0.251 e. The highest BCUT2D eigenvalue weighted by Crippen LogP contribution is 2.25. The van der Waals surface area contributed by atoms with Crippen LogP contribution in [-0.2, 0) is 26.4 Å². The van der Waals surface area contributed by atoms with Crippen molar-refractivity contribution in [2.45, 2.75) is 24.4 Å². The topological polar surface area (TPSA) is 101 Å². The summed E-state index contributed by atoms with van der Waals surface area (Å²) in [6, 6.07) is 19.2. The molecule has 0 spiro atoms. The van der Waals surface area contributed by atoms with Gasteiger partial charge in [-0.05, 0) is 60.5 Å². The van der Waals surface area contributed by atoms with Crippen molar-refractivity contribution in [3.63, 3.8) is 0 Å². The molecule has 0 radical (unpaired) electrons. The fraction of sp³-hybridized carbons (Fsp3) is 0.208. The van der Waals surface area contributed by atoms with Crippen molar-refractivity contribution in [1.29, 1.82) is 0 Å². The molecule has 0 aliphatic carbocycles. The van der Waals surface area contributed by atoms with Crippen molar-refractivity contribution < 1.29 is 21.6 Å². The summed E-state index contributed by atoms with van der Waals surface area (Å²) in [4.78, 5) is 12.9. The van der Waals surface area contributed by atoms with Gasteiger partial charge in [-0.3, -0.25) is 9.10 Å². The van der Waals surface area contributed by atoms with Crippen LogP contribution in [0.25, 0.3) is 0 Å². The van der Waals surface area contributed by atoms with E-state index in [9.17, 15) is 21.6 Å². The van der Waals surface area contributed by atoms with E-state index in [2.05, 4.69) is 5.32 Å². The molecule has 0 saturated heterocycles. The van der Waals surface area contributed by atoms with E-state index in [1.807, 2.05) is 0 Å². The van der Waals surface area contributed by atoms with Gasteiger partial charge in [-0.25, -0.2) is 16.8 Å². The monoisotopic (exact) mass is 520 g/mol. The number of benzene rings is 3. The second-order valence-corrected chi connectivity index (χ2v) is 12.3. The quantitative estimate of drug-likeness (QED) is 0.479. The number of nitrogens with zero attached hydrogens (tertiary/aromatic N) is 1. The number of rotatable bonds is 8. The van der Waals surface area contributed by atoms with Gasteiger partial charge >= 0.3 is 0 Å². The van der Waals surface area contributed by atoms with Crippen LogP contribution in [0.3, 0.4) is 0 Å². The molecule has 0 aromatic heterocycles. The average molecular weight is 521 g/mol. The molecule has 3 rings (SSSR count). The van der Waals surface area contributed by atoms with E-state index in [4.69, 9.17) is 11.6 Å². The predicted octanol–water partition coefficient (Wildman–Crippen LogP) is 4.20. The first-order valence-corrected chi connectivity index (χ1v) is 14.4. The zero-order valence-corrected chi connectivity index (χ0v) is 21.3. The van der Waals surface area contributed by atoms with Crippen molar-refractivity contribution >= 4 is 43.1 Å². The lowest BCUT2D eigenvalue weighted by Crippen LogP contribution is -2.30. The average Bonchev–Trinajstić information content (AvgIpc) is 2.77. The van der Waals surface area contributed by atoms with Gasteiger partial charge in [0.25, 0.3) is 5.91 Å². The molecule has 0 unspecified atom stereocenters. The number of carbonyl (C=O) groups is 1. The van der Waals surface area contributed by atoms with Gasteiger partial charge < -0.3 is 5.32 Å². The fourth-order valence-corrected chi connectivity index (χ4v) is 5.03. The first-order chi connectivity index (χ1) is 15.9. The number of halogens is 1. The molecule has 1 N–H and O–H groups in total. The van der Waals surface area contributed by atoms with E-state index in [1.165, 1.54) is 16.4 Å². The van der Waals surface area contributed by atoms with Gasteiger partial charge in [-0.2, -0.15) is 0 Å². The number of carbonyl (C=O) groups excluding carboxylic acids is 1. The van der Waals surface area contributed by atoms with E-state index in [0.29, 0.717) is 21.8 Å². The lowest BCUT2D eigenvalue weighted by Gasteiger charge is -2.23. The van der Waals surface area contributed by atoms with Crippen LogP contribution >= 0.6 is 11.6 Å². The van der Waals surface area contributed by atoms with Crippen LogP contribution in [0.15, 0.2) is 77.7 Å². The molecule has 0 saturated carbocycles. The lowest BCUT2D eigenvalue weighted by molar-refractivity contribution is 0.0940. The normalized spacial score (nSPS) is 12.7. The highest BCUT2D eigenvalue weighted by Gasteiger charge is 2.20. The number of hydrogen-bond acceptors (Lipinski definition) is 5. The Kier molecular flexibility index (Phi) is 7.70. The van der Waals surface area contributed by atoms with E-state index >= 15 is 0 Å². The Morgan fingerprint density at radius 2 is 1.50 bits per heavy atom. The molecule has 0 aliphatic heterocycles. The molecule has 0 aliphatic rings. The Hall–Kier alpha value is -2.88. The van der Waals surface area contributed by atoms with Crippen molar-refractivity contribution in [2.75, 3.05) is 16.8 Å². The number of sulfone groups is 1. The predicted molar refractivity (Wildman–Crippen MR) is 134 cm³/mol. The third-order valence-corrected chi connectivity index (χ3v) is 7.88. The maximum Gasteiger partial charge on any atom is 0.251 e. The SMILES string of the molecule is C[C@H](NC(=O)c1ccc(N(Cc2ccccc2Cl)S(C)(=O)=O)cc1)c1ccc(S(C)(=O)=O)cc1. The van der Waals surface area contributed by atoms with E-state index < -0.39 is 19.9 Å². The molecule has 180 valence electrons. The van der Waals surface area contributed by atoms with Crippen LogP contribution in [0.5, 0.6) is 0 Å². The molecule has 3 aromatic carbocycles. The first-order valence-electron chi connectivity index (χ1n) is 10.3. The first kappa shape index (κ1) is 25.7. The van der Waals surface area contributed by atoms with Gasteiger partial charge in [0, 0.05) is 16.8 Å². The molecule has 0 bridgehead atoms. The molecule has 7 nitrogen and oxygen atoms in total. The standard InChI is InChI=1S/C24H25ClN2O5S2/c1-17(18-10-14-22(15-11-18)33(2,29)30)26-24(28)19-8-12-21(13-9-19)27(34(3,31)32)16-20-6-4-5-7-23(20)25/h4-15,17H,16H2,1-3H3,(H,26,28)/t17-/m0/s1. The molecule has 10 heteroatoms. The number of amides is 1. The Balaban J connectivity index is 1.75. The van der Waals surface area contributed by atoms with Gasteiger partial charge in [0.05, 0.1) is 29.4 Å².